The number of thioether (sulfide) groups is 1. The molecular formula is C16H14N6O2S. The van der Waals surface area contributed by atoms with Crippen molar-refractivity contribution in [2.75, 3.05) is 6.61 Å². The zero-order chi connectivity index (χ0) is 17.1. The molecule has 1 aromatic carbocycles. The summed E-state index contributed by atoms with van der Waals surface area (Å²) >= 11 is 1.42. The summed E-state index contributed by atoms with van der Waals surface area (Å²) in [5.74, 6) is 2.92. The molecule has 0 bridgehead atoms. The molecule has 4 rings (SSSR count). The van der Waals surface area contributed by atoms with E-state index in [-0.39, 0.29) is 0 Å². The highest BCUT2D eigenvalue weighted by Crippen LogP contribution is 2.23. The maximum Gasteiger partial charge on any atom is 0.253 e. The molecule has 0 aliphatic heterocycles. The number of fused-ring (bicyclic) bond motifs is 1. The summed E-state index contributed by atoms with van der Waals surface area (Å²) in [7, 11) is 0. The van der Waals surface area contributed by atoms with Gasteiger partial charge in [-0.2, -0.15) is 9.97 Å². The molecule has 0 aliphatic carbocycles. The Bertz CT molecular complexity index is 949. The fourth-order valence-corrected chi connectivity index (χ4v) is 2.86. The summed E-state index contributed by atoms with van der Waals surface area (Å²) < 4.78 is 12.4. The molecule has 126 valence electrons. The predicted molar refractivity (Wildman–Crippen MR) is 91.2 cm³/mol. The maximum atomic E-state index is 5.43. The first-order valence-electron chi connectivity index (χ1n) is 7.68. The number of hydrogen-bond donors (Lipinski definition) is 0. The number of nitrogens with zero attached hydrogens (tertiary/aromatic N) is 6. The van der Waals surface area contributed by atoms with Crippen LogP contribution in [0.25, 0.3) is 17.2 Å². The number of aromatic nitrogens is 6. The lowest BCUT2D eigenvalue weighted by Gasteiger charge is -2.02. The van der Waals surface area contributed by atoms with Crippen molar-refractivity contribution in [3.05, 3.63) is 48.6 Å². The lowest BCUT2D eigenvalue weighted by Crippen LogP contribution is -1.91. The molecule has 0 aliphatic rings. The van der Waals surface area contributed by atoms with Crippen molar-refractivity contribution in [2.24, 2.45) is 0 Å². The second-order valence-corrected chi connectivity index (χ2v) is 5.96. The van der Waals surface area contributed by atoms with Gasteiger partial charge in [0.1, 0.15) is 5.75 Å². The fourth-order valence-electron chi connectivity index (χ4n) is 2.20. The molecule has 0 spiro atoms. The third-order valence-electron chi connectivity index (χ3n) is 3.31. The SMILES string of the molecule is CCOc1ccc(-c2noc(CSc3nc4ncccn4n3)n2)cc1. The van der Waals surface area contributed by atoms with Gasteiger partial charge in [-0.15, -0.1) is 5.10 Å². The van der Waals surface area contributed by atoms with Crippen LogP contribution in [0.2, 0.25) is 0 Å². The minimum absolute atomic E-state index is 0.487. The van der Waals surface area contributed by atoms with Crippen molar-refractivity contribution < 1.29 is 9.26 Å². The van der Waals surface area contributed by atoms with Gasteiger partial charge in [-0.1, -0.05) is 16.9 Å². The third kappa shape index (κ3) is 3.45. The van der Waals surface area contributed by atoms with Crippen LogP contribution in [-0.2, 0) is 5.75 Å². The minimum atomic E-state index is 0.487. The Morgan fingerprint density at radius 2 is 2.08 bits per heavy atom. The van der Waals surface area contributed by atoms with E-state index < -0.39 is 0 Å². The second kappa shape index (κ2) is 6.89. The van der Waals surface area contributed by atoms with Crippen molar-refractivity contribution in [1.29, 1.82) is 0 Å². The summed E-state index contributed by atoms with van der Waals surface area (Å²) in [6, 6.07) is 9.38. The second-order valence-electron chi connectivity index (χ2n) is 5.02. The van der Waals surface area contributed by atoms with Crippen LogP contribution in [0.15, 0.2) is 52.4 Å². The Morgan fingerprint density at radius 1 is 1.20 bits per heavy atom. The Hall–Kier alpha value is -2.94. The van der Waals surface area contributed by atoms with Crippen LogP contribution in [-0.4, -0.2) is 36.3 Å². The Morgan fingerprint density at radius 3 is 2.88 bits per heavy atom. The van der Waals surface area contributed by atoms with E-state index in [0.717, 1.165) is 11.3 Å². The molecule has 0 atom stereocenters. The van der Waals surface area contributed by atoms with E-state index in [4.69, 9.17) is 9.26 Å². The summed E-state index contributed by atoms with van der Waals surface area (Å²) in [6.45, 7) is 2.58. The van der Waals surface area contributed by atoms with Gasteiger partial charge in [0.05, 0.1) is 12.4 Å². The molecule has 3 heterocycles. The largest absolute Gasteiger partial charge is 0.494 e. The van der Waals surface area contributed by atoms with Crippen LogP contribution in [0, 0.1) is 0 Å². The molecule has 4 aromatic rings. The van der Waals surface area contributed by atoms with Gasteiger partial charge >= 0.3 is 0 Å². The highest BCUT2D eigenvalue weighted by Gasteiger charge is 2.11. The van der Waals surface area contributed by atoms with Crippen LogP contribution >= 0.6 is 11.8 Å². The standard InChI is InChI=1S/C16H14N6O2S/c1-2-23-12-6-4-11(5-7-12)14-18-13(24-21-14)10-25-16-19-15-17-8-3-9-22(15)20-16/h3-9H,2,10H2,1H3. The van der Waals surface area contributed by atoms with E-state index in [0.29, 0.717) is 35.0 Å². The molecule has 0 amide bonds. The summed E-state index contributed by atoms with van der Waals surface area (Å²) in [5, 5.41) is 8.95. The van der Waals surface area contributed by atoms with E-state index in [2.05, 4.69) is 25.2 Å². The van der Waals surface area contributed by atoms with E-state index in [9.17, 15) is 0 Å². The van der Waals surface area contributed by atoms with Crippen LogP contribution in [0.5, 0.6) is 5.75 Å². The average Bonchev–Trinajstić information content (AvgIpc) is 3.27. The Labute approximate surface area is 147 Å². The van der Waals surface area contributed by atoms with Gasteiger partial charge in [0.2, 0.25) is 16.9 Å². The average molecular weight is 354 g/mol. The van der Waals surface area contributed by atoms with Gasteiger partial charge in [0, 0.05) is 18.0 Å². The van der Waals surface area contributed by atoms with Gasteiger partial charge in [0.15, 0.2) is 0 Å². The lowest BCUT2D eigenvalue weighted by molar-refractivity contribution is 0.340. The zero-order valence-corrected chi connectivity index (χ0v) is 14.2. The van der Waals surface area contributed by atoms with Gasteiger partial charge in [-0.3, -0.25) is 0 Å². The molecule has 0 saturated heterocycles. The highest BCUT2D eigenvalue weighted by atomic mass is 32.2. The van der Waals surface area contributed by atoms with Crippen molar-refractivity contribution in [3.63, 3.8) is 0 Å². The molecule has 9 heteroatoms. The first-order valence-corrected chi connectivity index (χ1v) is 8.66. The van der Waals surface area contributed by atoms with Crippen LogP contribution in [0.3, 0.4) is 0 Å². The fraction of sp³-hybridized carbons (Fsp3) is 0.188. The molecule has 0 unspecified atom stereocenters. The minimum Gasteiger partial charge on any atom is -0.494 e. The van der Waals surface area contributed by atoms with Crippen LogP contribution in [0.4, 0.5) is 0 Å². The quantitative estimate of drug-likeness (QED) is 0.488. The number of hydrogen-bond acceptors (Lipinski definition) is 8. The topological polar surface area (TPSA) is 91.2 Å². The van der Waals surface area contributed by atoms with E-state index >= 15 is 0 Å². The third-order valence-corrected chi connectivity index (χ3v) is 4.14. The zero-order valence-electron chi connectivity index (χ0n) is 13.4. The molecule has 8 nitrogen and oxygen atoms in total. The highest BCUT2D eigenvalue weighted by molar-refractivity contribution is 7.98. The number of ether oxygens (including phenoxy) is 1. The van der Waals surface area contributed by atoms with Gasteiger partial charge < -0.3 is 9.26 Å². The summed E-state index contributed by atoms with van der Waals surface area (Å²) in [6.07, 6.45) is 3.48. The van der Waals surface area contributed by atoms with E-state index in [1.54, 1.807) is 23.0 Å². The van der Waals surface area contributed by atoms with Crippen LogP contribution < -0.4 is 4.74 Å². The Kier molecular flexibility index (Phi) is 4.30. The molecule has 0 saturated carbocycles. The van der Waals surface area contributed by atoms with Gasteiger partial charge in [0.25, 0.3) is 5.78 Å². The Balaban J connectivity index is 1.44. The summed E-state index contributed by atoms with van der Waals surface area (Å²) in [5.41, 5.74) is 0.874. The van der Waals surface area contributed by atoms with Gasteiger partial charge in [-0.05, 0) is 37.3 Å². The van der Waals surface area contributed by atoms with Crippen molar-refractivity contribution in [2.45, 2.75) is 17.8 Å². The van der Waals surface area contributed by atoms with Crippen molar-refractivity contribution in [3.8, 4) is 17.1 Å². The first kappa shape index (κ1) is 15.6. The number of rotatable bonds is 6. The summed E-state index contributed by atoms with van der Waals surface area (Å²) in [4.78, 5) is 12.9. The van der Waals surface area contributed by atoms with Crippen LogP contribution in [0.1, 0.15) is 12.8 Å². The van der Waals surface area contributed by atoms with E-state index in [1.807, 2.05) is 31.2 Å². The lowest BCUT2D eigenvalue weighted by atomic mass is 10.2. The molecule has 3 aromatic heterocycles. The molecule has 0 fully saturated rings. The molecule has 25 heavy (non-hydrogen) atoms. The maximum absolute atomic E-state index is 5.43. The smallest absolute Gasteiger partial charge is 0.253 e. The monoisotopic (exact) mass is 354 g/mol. The number of benzene rings is 1. The molecule has 0 radical (unpaired) electrons. The first-order chi connectivity index (χ1) is 12.3. The normalized spacial score (nSPS) is 11.1. The van der Waals surface area contributed by atoms with Crippen molar-refractivity contribution in [1.82, 2.24) is 29.7 Å². The van der Waals surface area contributed by atoms with E-state index in [1.165, 1.54) is 11.8 Å². The predicted octanol–water partition coefficient (Wildman–Crippen LogP) is 2.87. The van der Waals surface area contributed by atoms with Gasteiger partial charge in [-0.25, -0.2) is 9.50 Å². The van der Waals surface area contributed by atoms with Crippen molar-refractivity contribution >= 4 is 17.5 Å². The molecule has 0 N–H and O–H groups in total. The molecular weight excluding hydrogens is 340 g/mol.